The molecule has 1 unspecified atom stereocenters. The SMILES string of the molecule is CCNC(c1cc(Cl)c(OC)c(OC)c1)c1occc1Br. The van der Waals surface area contributed by atoms with Gasteiger partial charge in [-0.05, 0) is 46.2 Å². The van der Waals surface area contributed by atoms with E-state index in [4.69, 9.17) is 25.5 Å². The lowest BCUT2D eigenvalue weighted by molar-refractivity contribution is 0.354. The summed E-state index contributed by atoms with van der Waals surface area (Å²) in [5.74, 6) is 1.90. The van der Waals surface area contributed by atoms with Gasteiger partial charge in [0, 0.05) is 0 Å². The third-order valence-electron chi connectivity index (χ3n) is 3.10. The first-order valence-electron chi connectivity index (χ1n) is 6.50. The number of furan rings is 1. The van der Waals surface area contributed by atoms with Gasteiger partial charge in [-0.2, -0.15) is 0 Å². The molecule has 0 saturated carbocycles. The molecule has 1 N–H and O–H groups in total. The van der Waals surface area contributed by atoms with Crippen LogP contribution in [0.15, 0.2) is 33.4 Å². The van der Waals surface area contributed by atoms with Crippen molar-refractivity contribution in [2.75, 3.05) is 20.8 Å². The van der Waals surface area contributed by atoms with Gasteiger partial charge in [-0.15, -0.1) is 0 Å². The fourth-order valence-electron chi connectivity index (χ4n) is 2.18. The van der Waals surface area contributed by atoms with E-state index in [0.29, 0.717) is 16.5 Å². The van der Waals surface area contributed by atoms with Gasteiger partial charge in [0.1, 0.15) is 5.76 Å². The molecule has 114 valence electrons. The lowest BCUT2D eigenvalue weighted by Crippen LogP contribution is -2.22. The fourth-order valence-corrected chi connectivity index (χ4v) is 2.91. The Hall–Kier alpha value is -1.17. The molecule has 0 radical (unpaired) electrons. The van der Waals surface area contributed by atoms with Crippen molar-refractivity contribution in [3.8, 4) is 11.5 Å². The molecule has 0 spiro atoms. The smallest absolute Gasteiger partial charge is 0.179 e. The van der Waals surface area contributed by atoms with Crippen LogP contribution in [0, 0.1) is 0 Å². The molecule has 0 aliphatic rings. The Balaban J connectivity index is 2.51. The summed E-state index contributed by atoms with van der Waals surface area (Å²) in [5.41, 5.74) is 0.940. The van der Waals surface area contributed by atoms with Crippen LogP contribution < -0.4 is 14.8 Å². The number of hydrogen-bond acceptors (Lipinski definition) is 4. The Morgan fingerprint density at radius 1 is 1.33 bits per heavy atom. The van der Waals surface area contributed by atoms with Crippen LogP contribution in [-0.4, -0.2) is 20.8 Å². The summed E-state index contributed by atoms with van der Waals surface area (Å²) in [6.07, 6.45) is 1.64. The van der Waals surface area contributed by atoms with Gasteiger partial charge < -0.3 is 19.2 Å². The number of halogens is 2. The lowest BCUT2D eigenvalue weighted by Gasteiger charge is -2.19. The second-order valence-corrected chi connectivity index (χ2v) is 5.62. The van der Waals surface area contributed by atoms with E-state index in [1.54, 1.807) is 20.5 Å². The summed E-state index contributed by atoms with van der Waals surface area (Å²) in [7, 11) is 3.15. The molecule has 0 amide bonds. The molecule has 0 aliphatic heterocycles. The van der Waals surface area contributed by atoms with Crippen LogP contribution in [-0.2, 0) is 0 Å². The molecular formula is C15H17BrClNO3. The number of nitrogens with one attached hydrogen (secondary N) is 1. The fraction of sp³-hybridized carbons (Fsp3) is 0.333. The topological polar surface area (TPSA) is 43.6 Å². The second kappa shape index (κ2) is 7.20. The Labute approximate surface area is 137 Å². The van der Waals surface area contributed by atoms with Crippen LogP contribution in [0.25, 0.3) is 0 Å². The average Bonchev–Trinajstić information content (AvgIpc) is 2.89. The highest BCUT2D eigenvalue weighted by Gasteiger charge is 2.22. The number of methoxy groups -OCH3 is 2. The molecule has 4 nitrogen and oxygen atoms in total. The number of ether oxygens (including phenoxy) is 2. The van der Waals surface area contributed by atoms with Gasteiger partial charge in [0.2, 0.25) is 0 Å². The second-order valence-electron chi connectivity index (χ2n) is 4.36. The molecular weight excluding hydrogens is 358 g/mol. The zero-order valence-corrected chi connectivity index (χ0v) is 14.4. The van der Waals surface area contributed by atoms with Gasteiger partial charge in [-0.3, -0.25) is 0 Å². The zero-order chi connectivity index (χ0) is 15.4. The Morgan fingerprint density at radius 3 is 2.62 bits per heavy atom. The van der Waals surface area contributed by atoms with Crippen molar-refractivity contribution in [1.82, 2.24) is 5.32 Å². The van der Waals surface area contributed by atoms with Crippen LogP contribution in [0.4, 0.5) is 0 Å². The van der Waals surface area contributed by atoms with Crippen molar-refractivity contribution in [3.63, 3.8) is 0 Å². The molecule has 6 heteroatoms. The summed E-state index contributed by atoms with van der Waals surface area (Å²) >= 11 is 9.78. The normalized spacial score (nSPS) is 12.2. The van der Waals surface area contributed by atoms with Crippen LogP contribution in [0.1, 0.15) is 24.3 Å². The van der Waals surface area contributed by atoms with Crippen LogP contribution >= 0.6 is 27.5 Å². The van der Waals surface area contributed by atoms with Crippen molar-refractivity contribution in [2.24, 2.45) is 0 Å². The van der Waals surface area contributed by atoms with Gasteiger partial charge in [0.05, 0.1) is 36.0 Å². The largest absolute Gasteiger partial charge is 0.493 e. The van der Waals surface area contributed by atoms with Crippen molar-refractivity contribution in [1.29, 1.82) is 0 Å². The molecule has 1 aromatic heterocycles. The van der Waals surface area contributed by atoms with Crippen molar-refractivity contribution >= 4 is 27.5 Å². The average molecular weight is 375 g/mol. The van der Waals surface area contributed by atoms with E-state index >= 15 is 0 Å². The van der Waals surface area contributed by atoms with E-state index in [9.17, 15) is 0 Å². The summed E-state index contributed by atoms with van der Waals surface area (Å²) in [6.45, 7) is 2.82. The van der Waals surface area contributed by atoms with Crippen LogP contribution in [0.2, 0.25) is 5.02 Å². The van der Waals surface area contributed by atoms with Gasteiger partial charge in [-0.1, -0.05) is 18.5 Å². The van der Waals surface area contributed by atoms with E-state index in [0.717, 1.165) is 22.3 Å². The van der Waals surface area contributed by atoms with Crippen molar-refractivity contribution < 1.29 is 13.9 Å². The molecule has 0 fully saturated rings. The molecule has 1 aromatic carbocycles. The predicted octanol–water partition coefficient (Wildman–Crippen LogP) is 4.41. The molecule has 2 rings (SSSR count). The third kappa shape index (κ3) is 3.36. The van der Waals surface area contributed by atoms with Gasteiger partial charge in [0.25, 0.3) is 0 Å². The van der Waals surface area contributed by atoms with E-state index in [1.165, 1.54) is 0 Å². The first-order chi connectivity index (χ1) is 10.1. The van der Waals surface area contributed by atoms with E-state index < -0.39 is 0 Å². The maximum absolute atomic E-state index is 6.28. The molecule has 0 bridgehead atoms. The molecule has 0 aliphatic carbocycles. The number of hydrogen-bond donors (Lipinski definition) is 1. The Morgan fingerprint density at radius 2 is 2.10 bits per heavy atom. The molecule has 2 aromatic rings. The van der Waals surface area contributed by atoms with Gasteiger partial charge in [0.15, 0.2) is 11.5 Å². The summed E-state index contributed by atoms with van der Waals surface area (Å²) in [5, 5.41) is 3.88. The van der Waals surface area contributed by atoms with E-state index in [-0.39, 0.29) is 6.04 Å². The molecule has 21 heavy (non-hydrogen) atoms. The first-order valence-corrected chi connectivity index (χ1v) is 7.67. The maximum Gasteiger partial charge on any atom is 0.179 e. The molecule has 1 atom stereocenters. The summed E-state index contributed by atoms with van der Waals surface area (Å²) in [4.78, 5) is 0. The third-order valence-corrected chi connectivity index (χ3v) is 4.04. The lowest BCUT2D eigenvalue weighted by atomic mass is 10.0. The zero-order valence-electron chi connectivity index (χ0n) is 12.1. The highest BCUT2D eigenvalue weighted by molar-refractivity contribution is 9.10. The van der Waals surface area contributed by atoms with E-state index in [1.807, 2.05) is 25.1 Å². The minimum Gasteiger partial charge on any atom is -0.493 e. The number of rotatable bonds is 6. The highest BCUT2D eigenvalue weighted by atomic mass is 79.9. The van der Waals surface area contributed by atoms with Gasteiger partial charge in [-0.25, -0.2) is 0 Å². The number of benzene rings is 1. The van der Waals surface area contributed by atoms with E-state index in [2.05, 4.69) is 21.2 Å². The summed E-state index contributed by atoms with van der Waals surface area (Å²) in [6, 6.07) is 5.48. The summed E-state index contributed by atoms with van der Waals surface area (Å²) < 4.78 is 17.1. The quantitative estimate of drug-likeness (QED) is 0.813. The maximum atomic E-state index is 6.28. The van der Waals surface area contributed by atoms with Crippen molar-refractivity contribution in [3.05, 3.63) is 45.3 Å². The first kappa shape index (κ1) is 16.2. The van der Waals surface area contributed by atoms with Gasteiger partial charge >= 0.3 is 0 Å². The van der Waals surface area contributed by atoms with Crippen LogP contribution in [0.3, 0.4) is 0 Å². The minimum absolute atomic E-state index is 0.128. The standard InChI is InChI=1S/C15H17BrClNO3/c1-4-18-13(14-10(16)5-6-21-14)9-7-11(17)15(20-3)12(8-9)19-2/h5-8,13,18H,4H2,1-3H3. The Bertz CT molecular complexity index is 615. The molecule has 1 heterocycles. The Kier molecular flexibility index (Phi) is 5.56. The highest BCUT2D eigenvalue weighted by Crippen LogP contribution is 2.39. The monoisotopic (exact) mass is 373 g/mol. The minimum atomic E-state index is -0.128. The predicted molar refractivity (Wildman–Crippen MR) is 86.5 cm³/mol. The van der Waals surface area contributed by atoms with Crippen LogP contribution in [0.5, 0.6) is 11.5 Å². The van der Waals surface area contributed by atoms with Crippen molar-refractivity contribution in [2.45, 2.75) is 13.0 Å². The molecule has 0 saturated heterocycles.